The highest BCUT2D eigenvalue weighted by Crippen LogP contribution is 2.36. The van der Waals surface area contributed by atoms with Gasteiger partial charge < -0.3 is 23.9 Å². The third kappa shape index (κ3) is 4.03. The van der Waals surface area contributed by atoms with Gasteiger partial charge in [0.15, 0.2) is 17.6 Å². The van der Waals surface area contributed by atoms with Crippen molar-refractivity contribution in [3.05, 3.63) is 60.2 Å². The summed E-state index contributed by atoms with van der Waals surface area (Å²) < 4.78 is 22.8. The number of ether oxygens (including phenoxy) is 3. The Morgan fingerprint density at radius 3 is 2.62 bits per heavy atom. The number of benzene rings is 3. The van der Waals surface area contributed by atoms with Crippen molar-refractivity contribution in [2.45, 2.75) is 20.0 Å². The van der Waals surface area contributed by atoms with Crippen molar-refractivity contribution in [3.8, 4) is 23.3 Å². The molecule has 0 bridgehead atoms. The number of hydrogen-bond acceptors (Lipinski definition) is 6. The van der Waals surface area contributed by atoms with Crippen molar-refractivity contribution < 1.29 is 23.4 Å². The molecule has 0 saturated heterocycles. The molecule has 4 aromatic rings. The number of nitrogens with zero attached hydrogens (tertiary/aromatic N) is 1. The molecule has 0 aliphatic heterocycles. The molecule has 0 fully saturated rings. The second-order valence-corrected chi connectivity index (χ2v) is 7.10. The average molecular weight is 430 g/mol. The second-order valence-electron chi connectivity index (χ2n) is 7.10. The van der Waals surface area contributed by atoms with Gasteiger partial charge in [-0.05, 0) is 38.1 Å². The van der Waals surface area contributed by atoms with Gasteiger partial charge in [0.1, 0.15) is 16.9 Å². The van der Waals surface area contributed by atoms with E-state index in [0.29, 0.717) is 40.7 Å². The van der Waals surface area contributed by atoms with E-state index < -0.39 is 6.10 Å². The molecule has 4 rings (SSSR count). The lowest BCUT2D eigenvalue weighted by molar-refractivity contribution is -0.122. The van der Waals surface area contributed by atoms with Crippen LogP contribution in [0.25, 0.3) is 21.9 Å². The van der Waals surface area contributed by atoms with E-state index in [0.717, 1.165) is 16.4 Å². The number of furan rings is 1. The van der Waals surface area contributed by atoms with Crippen LogP contribution in [-0.2, 0) is 4.79 Å². The number of carbonyl (C=O) groups excluding carboxylic acids is 1. The van der Waals surface area contributed by atoms with E-state index in [9.17, 15) is 4.79 Å². The summed E-state index contributed by atoms with van der Waals surface area (Å²) in [7, 11) is 1.55. The summed E-state index contributed by atoms with van der Waals surface area (Å²) in [4.78, 5) is 12.9. The van der Waals surface area contributed by atoms with Crippen molar-refractivity contribution in [2.24, 2.45) is 0 Å². The van der Waals surface area contributed by atoms with E-state index in [1.54, 1.807) is 38.3 Å². The maximum Gasteiger partial charge on any atom is 0.265 e. The van der Waals surface area contributed by atoms with Crippen LogP contribution < -0.4 is 19.5 Å². The van der Waals surface area contributed by atoms with E-state index in [2.05, 4.69) is 11.4 Å². The smallest absolute Gasteiger partial charge is 0.265 e. The van der Waals surface area contributed by atoms with Gasteiger partial charge in [-0.1, -0.05) is 18.2 Å². The Morgan fingerprint density at radius 2 is 1.88 bits per heavy atom. The molecule has 7 heteroatoms. The van der Waals surface area contributed by atoms with Gasteiger partial charge in [-0.3, -0.25) is 4.79 Å². The summed E-state index contributed by atoms with van der Waals surface area (Å²) in [6, 6.07) is 18.2. The van der Waals surface area contributed by atoms with Crippen LogP contribution in [0.4, 0.5) is 5.69 Å². The minimum absolute atomic E-state index is 0.370. The Kier molecular flexibility index (Phi) is 5.86. The van der Waals surface area contributed by atoms with Crippen LogP contribution in [0.1, 0.15) is 19.4 Å². The lowest BCUT2D eigenvalue weighted by Gasteiger charge is -2.18. The molecule has 3 aromatic carbocycles. The van der Waals surface area contributed by atoms with Gasteiger partial charge in [0, 0.05) is 22.9 Å². The number of fused-ring (bicyclic) bond motifs is 3. The Balaban J connectivity index is 1.58. The zero-order valence-corrected chi connectivity index (χ0v) is 18.0. The highest BCUT2D eigenvalue weighted by molar-refractivity contribution is 6.08. The molecule has 0 aliphatic carbocycles. The number of hydrogen-bond donors (Lipinski definition) is 1. The molecule has 0 aliphatic rings. The molecule has 1 heterocycles. The summed E-state index contributed by atoms with van der Waals surface area (Å²) in [5, 5.41) is 13.8. The lowest BCUT2D eigenvalue weighted by atomic mass is 10.1. The number of carbonyl (C=O) groups is 1. The lowest BCUT2D eigenvalue weighted by Crippen LogP contribution is -2.30. The number of rotatable bonds is 7. The van der Waals surface area contributed by atoms with E-state index in [-0.39, 0.29) is 5.91 Å². The van der Waals surface area contributed by atoms with Crippen LogP contribution in [0.3, 0.4) is 0 Å². The monoisotopic (exact) mass is 430 g/mol. The van der Waals surface area contributed by atoms with E-state index in [1.165, 1.54) is 0 Å². The van der Waals surface area contributed by atoms with Crippen molar-refractivity contribution in [3.63, 3.8) is 0 Å². The molecule has 1 aromatic heterocycles. The molecular weight excluding hydrogens is 408 g/mol. The summed E-state index contributed by atoms with van der Waals surface area (Å²) >= 11 is 0. The predicted octanol–water partition coefficient (Wildman–Crippen LogP) is 5.27. The SMILES string of the molecule is CCOc1cc(C#N)ccc1O[C@@H](C)C(=O)Nc1cc2oc3ccccc3c2cc1OC. The van der Waals surface area contributed by atoms with Gasteiger partial charge in [0.05, 0.1) is 31.0 Å². The third-order valence-electron chi connectivity index (χ3n) is 5.00. The van der Waals surface area contributed by atoms with Crippen molar-refractivity contribution >= 4 is 33.5 Å². The third-order valence-corrected chi connectivity index (χ3v) is 5.00. The molecule has 1 N–H and O–H groups in total. The van der Waals surface area contributed by atoms with Gasteiger partial charge in [0.25, 0.3) is 5.91 Å². The fraction of sp³-hybridized carbons (Fsp3) is 0.200. The van der Waals surface area contributed by atoms with Gasteiger partial charge in [-0.25, -0.2) is 0 Å². The standard InChI is InChI=1S/C25H22N2O5/c1-4-30-24-11-16(14-26)9-10-21(24)31-15(2)25(28)27-19-13-22-18(12-23(19)29-3)17-7-5-6-8-20(17)32-22/h5-13,15H,4H2,1-3H3,(H,27,28)/t15-/m0/s1. The molecule has 0 radical (unpaired) electrons. The van der Waals surface area contributed by atoms with Crippen LogP contribution in [-0.4, -0.2) is 25.7 Å². The van der Waals surface area contributed by atoms with Crippen LogP contribution in [0, 0.1) is 11.3 Å². The summed E-state index contributed by atoms with van der Waals surface area (Å²) in [6.07, 6.45) is -0.835. The number of methoxy groups -OCH3 is 1. The summed E-state index contributed by atoms with van der Waals surface area (Å²) in [5.41, 5.74) is 2.32. The molecule has 1 atom stereocenters. The molecule has 0 spiro atoms. The maximum atomic E-state index is 12.9. The van der Waals surface area contributed by atoms with E-state index >= 15 is 0 Å². The van der Waals surface area contributed by atoms with Gasteiger partial charge in [0.2, 0.25) is 0 Å². The van der Waals surface area contributed by atoms with Gasteiger partial charge in [-0.2, -0.15) is 5.26 Å². The van der Waals surface area contributed by atoms with Crippen molar-refractivity contribution in [2.75, 3.05) is 19.0 Å². The minimum atomic E-state index is -0.835. The van der Waals surface area contributed by atoms with Crippen molar-refractivity contribution in [1.29, 1.82) is 5.26 Å². The van der Waals surface area contributed by atoms with E-state index in [1.807, 2.05) is 37.3 Å². The zero-order chi connectivity index (χ0) is 22.7. The topological polar surface area (TPSA) is 93.7 Å². The second kappa shape index (κ2) is 8.90. The first kappa shape index (κ1) is 21.1. The van der Waals surface area contributed by atoms with Crippen LogP contribution in [0.5, 0.6) is 17.2 Å². The molecular formula is C25H22N2O5. The number of anilines is 1. The maximum absolute atomic E-state index is 12.9. The van der Waals surface area contributed by atoms with Crippen LogP contribution in [0.2, 0.25) is 0 Å². The first-order chi connectivity index (χ1) is 15.5. The summed E-state index contributed by atoms with van der Waals surface area (Å²) in [6.45, 7) is 3.87. The van der Waals surface area contributed by atoms with E-state index in [4.69, 9.17) is 23.9 Å². The Bertz CT molecular complexity index is 1340. The molecule has 7 nitrogen and oxygen atoms in total. The number of nitriles is 1. The first-order valence-electron chi connectivity index (χ1n) is 10.2. The molecule has 162 valence electrons. The number of para-hydroxylation sites is 1. The van der Waals surface area contributed by atoms with Gasteiger partial charge in [-0.15, -0.1) is 0 Å². The van der Waals surface area contributed by atoms with Crippen molar-refractivity contribution in [1.82, 2.24) is 0 Å². The van der Waals surface area contributed by atoms with Crippen LogP contribution in [0.15, 0.2) is 59.0 Å². The van der Waals surface area contributed by atoms with Crippen LogP contribution >= 0.6 is 0 Å². The Morgan fingerprint density at radius 1 is 1.06 bits per heavy atom. The first-order valence-corrected chi connectivity index (χ1v) is 10.2. The molecule has 0 saturated carbocycles. The highest BCUT2D eigenvalue weighted by atomic mass is 16.5. The normalized spacial score (nSPS) is 11.7. The predicted molar refractivity (Wildman–Crippen MR) is 121 cm³/mol. The molecule has 0 unspecified atom stereocenters. The Labute approximate surface area is 185 Å². The quantitative estimate of drug-likeness (QED) is 0.429. The molecule has 32 heavy (non-hydrogen) atoms. The largest absolute Gasteiger partial charge is 0.495 e. The van der Waals surface area contributed by atoms with Gasteiger partial charge >= 0.3 is 0 Å². The minimum Gasteiger partial charge on any atom is -0.495 e. The summed E-state index contributed by atoms with van der Waals surface area (Å²) in [5.74, 6) is 0.934. The Hall–Kier alpha value is -4.18. The highest BCUT2D eigenvalue weighted by Gasteiger charge is 2.20. The number of amides is 1. The fourth-order valence-corrected chi connectivity index (χ4v) is 3.44. The molecule has 1 amide bonds. The average Bonchev–Trinajstić information content (AvgIpc) is 3.17. The fourth-order valence-electron chi connectivity index (χ4n) is 3.44. The number of nitrogens with one attached hydrogen (secondary N) is 1. The zero-order valence-electron chi connectivity index (χ0n) is 18.0.